The Labute approximate surface area is 168 Å². The first-order chi connectivity index (χ1) is 13.7. The molecule has 2 fully saturated rings. The predicted molar refractivity (Wildman–Crippen MR) is 108 cm³/mol. The van der Waals surface area contributed by atoms with Gasteiger partial charge in [0.2, 0.25) is 0 Å². The van der Waals surface area contributed by atoms with Crippen molar-refractivity contribution in [1.29, 1.82) is 0 Å². The topological polar surface area (TPSA) is 51.2 Å². The van der Waals surface area contributed by atoms with E-state index in [0.29, 0.717) is 18.6 Å². The van der Waals surface area contributed by atoms with E-state index < -0.39 is 0 Å². The summed E-state index contributed by atoms with van der Waals surface area (Å²) in [4.78, 5) is 16.8. The van der Waals surface area contributed by atoms with Gasteiger partial charge in [0.15, 0.2) is 6.29 Å². The third-order valence-electron chi connectivity index (χ3n) is 6.14. The highest BCUT2D eigenvalue weighted by molar-refractivity contribution is 5.67. The van der Waals surface area contributed by atoms with Crippen molar-refractivity contribution in [3.05, 3.63) is 35.9 Å². The number of piperidine rings is 2. The van der Waals surface area contributed by atoms with E-state index in [0.717, 1.165) is 51.0 Å². The van der Waals surface area contributed by atoms with Crippen molar-refractivity contribution in [3.63, 3.8) is 0 Å². The summed E-state index contributed by atoms with van der Waals surface area (Å²) in [6.45, 7) is 4.18. The van der Waals surface area contributed by atoms with Gasteiger partial charge in [-0.25, -0.2) is 4.79 Å². The molecule has 0 saturated carbocycles. The minimum absolute atomic E-state index is 0.0818. The van der Waals surface area contributed by atoms with Crippen molar-refractivity contribution in [1.82, 2.24) is 9.80 Å². The lowest BCUT2D eigenvalue weighted by molar-refractivity contribution is -0.117. The van der Waals surface area contributed by atoms with E-state index in [1.807, 2.05) is 35.2 Å². The molecule has 0 aromatic heterocycles. The molecule has 1 aromatic carbocycles. The number of nitrogens with zero attached hydrogens (tertiary/aromatic N) is 2. The molecule has 2 heterocycles. The Hall–Kier alpha value is -1.63. The second-order valence-electron chi connectivity index (χ2n) is 7.87. The fourth-order valence-electron chi connectivity index (χ4n) is 4.34. The zero-order valence-electron chi connectivity index (χ0n) is 17.2. The first-order valence-electron chi connectivity index (χ1n) is 10.4. The molecule has 0 spiro atoms. The lowest BCUT2D eigenvalue weighted by Gasteiger charge is -2.41. The number of hydrogen-bond acceptors (Lipinski definition) is 5. The Kier molecular flexibility index (Phi) is 8.13. The zero-order valence-corrected chi connectivity index (χ0v) is 17.2. The molecule has 3 rings (SSSR count). The van der Waals surface area contributed by atoms with Crippen molar-refractivity contribution in [2.75, 3.05) is 40.4 Å². The van der Waals surface area contributed by atoms with E-state index in [-0.39, 0.29) is 12.4 Å². The predicted octanol–water partition coefficient (Wildman–Crippen LogP) is 3.51. The average molecular weight is 391 g/mol. The van der Waals surface area contributed by atoms with Gasteiger partial charge in [0, 0.05) is 39.8 Å². The number of amides is 1. The fourth-order valence-corrected chi connectivity index (χ4v) is 4.34. The van der Waals surface area contributed by atoms with Crippen LogP contribution in [0.1, 0.15) is 37.7 Å². The highest BCUT2D eigenvalue weighted by Crippen LogP contribution is 2.27. The molecule has 28 heavy (non-hydrogen) atoms. The van der Waals surface area contributed by atoms with Crippen LogP contribution in [0.15, 0.2) is 30.3 Å². The summed E-state index contributed by atoms with van der Waals surface area (Å²) < 4.78 is 16.2. The lowest BCUT2D eigenvalue weighted by atomic mass is 9.91. The molecule has 6 nitrogen and oxygen atoms in total. The first kappa shape index (κ1) is 21.1. The number of hydrogen-bond donors (Lipinski definition) is 0. The molecular weight excluding hydrogens is 356 g/mol. The molecule has 1 amide bonds. The summed E-state index contributed by atoms with van der Waals surface area (Å²) in [5.74, 6) is 0.675. The number of likely N-dealkylation sites (tertiary alicyclic amines) is 2. The Balaban J connectivity index is 1.35. The third-order valence-corrected chi connectivity index (χ3v) is 6.14. The SMILES string of the molecule is COC(CC1CCN(C2CCN(C(=O)OCc3ccccc3)CC2)CC1)OC. The van der Waals surface area contributed by atoms with Crippen molar-refractivity contribution in [2.24, 2.45) is 5.92 Å². The van der Waals surface area contributed by atoms with Crippen LogP contribution in [0.2, 0.25) is 0 Å². The summed E-state index contributed by atoms with van der Waals surface area (Å²) in [7, 11) is 3.42. The van der Waals surface area contributed by atoms with Gasteiger partial charge in [0.1, 0.15) is 6.61 Å². The molecule has 1 aromatic rings. The van der Waals surface area contributed by atoms with Crippen LogP contribution >= 0.6 is 0 Å². The van der Waals surface area contributed by atoms with Crippen molar-refractivity contribution >= 4 is 6.09 Å². The number of benzene rings is 1. The zero-order chi connectivity index (χ0) is 19.8. The summed E-state index contributed by atoms with van der Waals surface area (Å²) in [6.07, 6.45) is 5.17. The quantitative estimate of drug-likeness (QED) is 0.667. The number of carbonyl (C=O) groups excluding carboxylic acids is 1. The molecule has 0 unspecified atom stereocenters. The van der Waals surface area contributed by atoms with E-state index in [4.69, 9.17) is 14.2 Å². The summed E-state index contributed by atoms with van der Waals surface area (Å²) in [5.41, 5.74) is 1.03. The smallest absolute Gasteiger partial charge is 0.410 e. The monoisotopic (exact) mass is 390 g/mol. The molecule has 2 saturated heterocycles. The molecule has 0 radical (unpaired) electrons. The maximum absolute atomic E-state index is 12.3. The van der Waals surface area contributed by atoms with Crippen LogP contribution in [0, 0.1) is 5.92 Å². The van der Waals surface area contributed by atoms with Gasteiger partial charge in [0.05, 0.1) is 0 Å². The minimum atomic E-state index is -0.189. The largest absolute Gasteiger partial charge is 0.445 e. The molecule has 0 N–H and O–H groups in total. The van der Waals surface area contributed by atoms with Gasteiger partial charge in [-0.1, -0.05) is 30.3 Å². The van der Waals surface area contributed by atoms with Gasteiger partial charge in [-0.05, 0) is 50.3 Å². The van der Waals surface area contributed by atoms with Gasteiger partial charge in [-0.15, -0.1) is 0 Å². The Morgan fingerprint density at radius 2 is 1.64 bits per heavy atom. The maximum Gasteiger partial charge on any atom is 0.410 e. The van der Waals surface area contributed by atoms with Gasteiger partial charge in [0.25, 0.3) is 0 Å². The van der Waals surface area contributed by atoms with E-state index in [1.54, 1.807) is 14.2 Å². The normalized spacial score (nSPS) is 19.9. The summed E-state index contributed by atoms with van der Waals surface area (Å²) in [5, 5.41) is 0. The molecule has 2 aliphatic rings. The van der Waals surface area contributed by atoms with Crippen LogP contribution in [0.4, 0.5) is 4.79 Å². The summed E-state index contributed by atoms with van der Waals surface area (Å²) in [6, 6.07) is 10.4. The molecule has 0 bridgehead atoms. The van der Waals surface area contributed by atoms with Crippen molar-refractivity contribution in [3.8, 4) is 0 Å². The van der Waals surface area contributed by atoms with Crippen LogP contribution in [-0.4, -0.2) is 68.6 Å². The van der Waals surface area contributed by atoms with Crippen molar-refractivity contribution in [2.45, 2.75) is 51.0 Å². The summed E-state index contributed by atoms with van der Waals surface area (Å²) >= 11 is 0. The maximum atomic E-state index is 12.3. The highest BCUT2D eigenvalue weighted by Gasteiger charge is 2.30. The third kappa shape index (κ3) is 5.93. The van der Waals surface area contributed by atoms with E-state index in [9.17, 15) is 4.79 Å². The van der Waals surface area contributed by atoms with Crippen LogP contribution in [0.3, 0.4) is 0 Å². The van der Waals surface area contributed by atoms with Gasteiger partial charge in [-0.2, -0.15) is 0 Å². The lowest BCUT2D eigenvalue weighted by Crippen LogP contribution is -2.49. The number of methoxy groups -OCH3 is 2. The van der Waals surface area contributed by atoms with E-state index in [1.165, 1.54) is 12.8 Å². The molecule has 2 aliphatic heterocycles. The molecule has 6 heteroatoms. The number of rotatable bonds is 7. The van der Waals surface area contributed by atoms with Crippen molar-refractivity contribution < 1.29 is 19.0 Å². The van der Waals surface area contributed by atoms with E-state index in [2.05, 4.69) is 4.90 Å². The minimum Gasteiger partial charge on any atom is -0.445 e. The van der Waals surface area contributed by atoms with Gasteiger partial charge >= 0.3 is 6.09 Å². The van der Waals surface area contributed by atoms with Gasteiger partial charge in [-0.3, -0.25) is 0 Å². The molecule has 0 aliphatic carbocycles. The Bertz CT molecular complexity index is 577. The fraction of sp³-hybridized carbons (Fsp3) is 0.682. The van der Waals surface area contributed by atoms with Crippen LogP contribution in [-0.2, 0) is 20.8 Å². The van der Waals surface area contributed by atoms with Crippen LogP contribution in [0.5, 0.6) is 0 Å². The second kappa shape index (κ2) is 10.8. The Morgan fingerprint density at radius 3 is 2.25 bits per heavy atom. The molecular formula is C22H34N2O4. The molecule has 156 valence electrons. The first-order valence-corrected chi connectivity index (χ1v) is 10.4. The Morgan fingerprint density at radius 1 is 1.00 bits per heavy atom. The van der Waals surface area contributed by atoms with Gasteiger partial charge < -0.3 is 24.0 Å². The highest BCUT2D eigenvalue weighted by atomic mass is 16.7. The second-order valence-corrected chi connectivity index (χ2v) is 7.87. The molecule has 0 atom stereocenters. The van der Waals surface area contributed by atoms with E-state index >= 15 is 0 Å². The van der Waals surface area contributed by atoms with Crippen LogP contribution < -0.4 is 0 Å². The number of ether oxygens (including phenoxy) is 3. The average Bonchev–Trinajstić information content (AvgIpc) is 2.77. The number of carbonyl (C=O) groups is 1. The van der Waals surface area contributed by atoms with Crippen LogP contribution in [0.25, 0.3) is 0 Å². The standard InChI is InChI=1S/C22H34N2O4/c1-26-21(27-2)16-18-8-12-23(13-9-18)20-10-14-24(15-11-20)22(25)28-17-19-6-4-3-5-7-19/h3-7,18,20-21H,8-17H2,1-2H3.